The molecule has 0 aliphatic carbocycles. The summed E-state index contributed by atoms with van der Waals surface area (Å²) in [6.07, 6.45) is 0. The van der Waals surface area contributed by atoms with Crippen LogP contribution in [0.25, 0.3) is 11.3 Å². The Morgan fingerprint density at radius 3 is 2.28 bits per heavy atom. The first-order chi connectivity index (χ1) is 8.52. The average Bonchev–Trinajstić information content (AvgIpc) is 2.59. The van der Waals surface area contributed by atoms with Crippen LogP contribution in [0.2, 0.25) is 0 Å². The molecule has 0 spiro atoms. The zero-order valence-electron chi connectivity index (χ0n) is 11.8. The van der Waals surface area contributed by atoms with E-state index in [-0.39, 0.29) is 0 Å². The molecule has 2 rings (SSSR count). The van der Waals surface area contributed by atoms with Crippen LogP contribution in [-0.4, -0.2) is 16.8 Å². The molecule has 18 heavy (non-hydrogen) atoms. The maximum Gasteiger partial charge on any atom is 0.0768 e. The Morgan fingerprint density at radius 2 is 1.72 bits per heavy atom. The molecule has 96 valence electrons. The Labute approximate surface area is 109 Å². The second kappa shape index (κ2) is 4.94. The van der Waals surface area contributed by atoms with Crippen molar-refractivity contribution in [2.45, 2.75) is 27.3 Å². The highest BCUT2D eigenvalue weighted by Gasteiger charge is 2.12. The SMILES string of the molecule is CNCc1cc(-c2c(C)cc(C)cc2C)n(C)n1. The molecule has 3 nitrogen and oxygen atoms in total. The molecule has 0 radical (unpaired) electrons. The van der Waals surface area contributed by atoms with E-state index in [0.29, 0.717) is 0 Å². The van der Waals surface area contributed by atoms with Gasteiger partial charge in [-0.25, -0.2) is 0 Å². The molecule has 0 saturated heterocycles. The molecule has 1 N–H and O–H groups in total. The number of benzene rings is 1. The van der Waals surface area contributed by atoms with Gasteiger partial charge in [0.2, 0.25) is 0 Å². The molecule has 0 bridgehead atoms. The van der Waals surface area contributed by atoms with Gasteiger partial charge in [-0.05, 0) is 45.0 Å². The summed E-state index contributed by atoms with van der Waals surface area (Å²) in [5, 5.41) is 7.67. The van der Waals surface area contributed by atoms with Crippen LogP contribution in [0.4, 0.5) is 0 Å². The largest absolute Gasteiger partial charge is 0.314 e. The minimum absolute atomic E-state index is 0.803. The molecular weight excluding hydrogens is 222 g/mol. The van der Waals surface area contributed by atoms with Crippen LogP contribution in [0.3, 0.4) is 0 Å². The molecule has 0 unspecified atom stereocenters. The normalized spacial score (nSPS) is 10.9. The van der Waals surface area contributed by atoms with Gasteiger partial charge in [0.1, 0.15) is 0 Å². The minimum Gasteiger partial charge on any atom is -0.314 e. The zero-order valence-corrected chi connectivity index (χ0v) is 11.8. The van der Waals surface area contributed by atoms with Gasteiger partial charge in [0, 0.05) is 19.2 Å². The molecule has 1 heterocycles. The lowest BCUT2D eigenvalue weighted by Gasteiger charge is -2.11. The van der Waals surface area contributed by atoms with Crippen LogP contribution < -0.4 is 5.32 Å². The number of nitrogens with one attached hydrogen (secondary N) is 1. The molecule has 0 amide bonds. The van der Waals surface area contributed by atoms with Gasteiger partial charge in [-0.2, -0.15) is 5.10 Å². The van der Waals surface area contributed by atoms with Crippen LogP contribution in [0, 0.1) is 20.8 Å². The number of aromatic nitrogens is 2. The Kier molecular flexibility index (Phi) is 3.53. The van der Waals surface area contributed by atoms with Crippen LogP contribution in [0.15, 0.2) is 18.2 Å². The first kappa shape index (κ1) is 12.8. The zero-order chi connectivity index (χ0) is 13.3. The number of nitrogens with zero attached hydrogens (tertiary/aromatic N) is 2. The Morgan fingerprint density at radius 1 is 1.11 bits per heavy atom. The molecule has 1 aromatic heterocycles. The van der Waals surface area contributed by atoms with Gasteiger partial charge < -0.3 is 5.32 Å². The number of aryl methyl sites for hydroxylation is 4. The third-order valence-corrected chi connectivity index (χ3v) is 3.22. The van der Waals surface area contributed by atoms with Crippen molar-refractivity contribution >= 4 is 0 Å². The lowest BCUT2D eigenvalue weighted by molar-refractivity contribution is 0.715. The van der Waals surface area contributed by atoms with Crippen LogP contribution in [-0.2, 0) is 13.6 Å². The first-order valence-corrected chi connectivity index (χ1v) is 6.28. The van der Waals surface area contributed by atoms with E-state index in [1.165, 1.54) is 27.9 Å². The molecule has 0 fully saturated rings. The number of hydrogen-bond acceptors (Lipinski definition) is 2. The molecule has 0 aliphatic rings. The number of hydrogen-bond donors (Lipinski definition) is 1. The Bertz CT molecular complexity index is 544. The highest BCUT2D eigenvalue weighted by Crippen LogP contribution is 2.28. The van der Waals surface area contributed by atoms with Crippen molar-refractivity contribution in [3.63, 3.8) is 0 Å². The van der Waals surface area contributed by atoms with Gasteiger partial charge in [0.15, 0.2) is 0 Å². The second-order valence-electron chi connectivity index (χ2n) is 4.95. The van der Waals surface area contributed by atoms with Gasteiger partial charge in [0.05, 0.1) is 11.4 Å². The average molecular weight is 243 g/mol. The van der Waals surface area contributed by atoms with Crippen molar-refractivity contribution in [1.82, 2.24) is 15.1 Å². The monoisotopic (exact) mass is 243 g/mol. The summed E-state index contributed by atoms with van der Waals surface area (Å²) in [6, 6.07) is 6.63. The van der Waals surface area contributed by atoms with Crippen LogP contribution in [0.5, 0.6) is 0 Å². The predicted molar refractivity (Wildman–Crippen MR) is 75.6 cm³/mol. The van der Waals surface area contributed by atoms with Crippen molar-refractivity contribution in [1.29, 1.82) is 0 Å². The summed E-state index contributed by atoms with van der Waals surface area (Å²) in [7, 11) is 3.95. The van der Waals surface area contributed by atoms with Gasteiger partial charge in [0.25, 0.3) is 0 Å². The highest BCUT2D eigenvalue weighted by atomic mass is 15.3. The van der Waals surface area contributed by atoms with Crippen LogP contribution in [0.1, 0.15) is 22.4 Å². The molecule has 1 aromatic carbocycles. The standard InChI is InChI=1S/C15H21N3/c1-10-6-11(2)15(12(3)7-10)14-8-13(9-16-4)17-18(14)5/h6-8,16H,9H2,1-5H3. The molecule has 0 aliphatic heterocycles. The molecule has 0 atom stereocenters. The van der Waals surface area contributed by atoms with Gasteiger partial charge in [-0.1, -0.05) is 17.7 Å². The summed E-state index contributed by atoms with van der Waals surface area (Å²) in [5.41, 5.74) is 7.51. The fourth-order valence-corrected chi connectivity index (χ4v) is 2.61. The molecule has 2 aromatic rings. The summed E-state index contributed by atoms with van der Waals surface area (Å²) < 4.78 is 1.97. The van der Waals surface area contributed by atoms with Crippen molar-refractivity contribution in [3.8, 4) is 11.3 Å². The fourth-order valence-electron chi connectivity index (χ4n) is 2.61. The van der Waals surface area contributed by atoms with Crippen LogP contribution >= 0.6 is 0 Å². The van der Waals surface area contributed by atoms with E-state index in [0.717, 1.165) is 12.2 Å². The van der Waals surface area contributed by atoms with E-state index >= 15 is 0 Å². The van der Waals surface area contributed by atoms with E-state index in [4.69, 9.17) is 0 Å². The maximum atomic E-state index is 4.54. The first-order valence-electron chi connectivity index (χ1n) is 6.28. The summed E-state index contributed by atoms with van der Waals surface area (Å²) in [5.74, 6) is 0. The van der Waals surface area contributed by atoms with Crippen molar-refractivity contribution in [3.05, 3.63) is 40.6 Å². The van der Waals surface area contributed by atoms with E-state index in [9.17, 15) is 0 Å². The molecular formula is C15H21N3. The highest BCUT2D eigenvalue weighted by molar-refractivity contribution is 5.68. The summed E-state index contributed by atoms with van der Waals surface area (Å²) in [4.78, 5) is 0. The summed E-state index contributed by atoms with van der Waals surface area (Å²) in [6.45, 7) is 7.28. The van der Waals surface area contributed by atoms with E-state index in [1.807, 2.05) is 18.8 Å². The van der Waals surface area contributed by atoms with Gasteiger partial charge >= 0.3 is 0 Å². The van der Waals surface area contributed by atoms with E-state index in [1.54, 1.807) is 0 Å². The smallest absolute Gasteiger partial charge is 0.0768 e. The minimum atomic E-state index is 0.803. The third kappa shape index (κ3) is 2.31. The van der Waals surface area contributed by atoms with Gasteiger partial charge in [-0.3, -0.25) is 4.68 Å². The van der Waals surface area contributed by atoms with Crippen molar-refractivity contribution < 1.29 is 0 Å². The second-order valence-corrected chi connectivity index (χ2v) is 4.95. The van der Waals surface area contributed by atoms with E-state index < -0.39 is 0 Å². The quantitative estimate of drug-likeness (QED) is 0.898. The lowest BCUT2D eigenvalue weighted by atomic mass is 9.97. The van der Waals surface area contributed by atoms with Gasteiger partial charge in [-0.15, -0.1) is 0 Å². The van der Waals surface area contributed by atoms with Crippen molar-refractivity contribution in [2.75, 3.05) is 7.05 Å². The molecule has 3 heteroatoms. The topological polar surface area (TPSA) is 29.9 Å². The predicted octanol–water partition coefficient (Wildman–Crippen LogP) is 2.73. The van der Waals surface area contributed by atoms with E-state index in [2.05, 4.69) is 49.4 Å². The number of rotatable bonds is 3. The van der Waals surface area contributed by atoms with Crippen molar-refractivity contribution in [2.24, 2.45) is 7.05 Å². The summed E-state index contributed by atoms with van der Waals surface area (Å²) >= 11 is 0. The Balaban J connectivity index is 2.55. The third-order valence-electron chi connectivity index (χ3n) is 3.22. The lowest BCUT2D eigenvalue weighted by Crippen LogP contribution is -2.05. The molecule has 0 saturated carbocycles. The maximum absolute atomic E-state index is 4.54. The fraction of sp³-hybridized carbons (Fsp3) is 0.400. The Hall–Kier alpha value is -1.61.